The summed E-state index contributed by atoms with van der Waals surface area (Å²) >= 11 is 0. The fourth-order valence-electron chi connectivity index (χ4n) is 1.53. The van der Waals surface area contributed by atoms with E-state index < -0.39 is 6.10 Å². The van der Waals surface area contributed by atoms with Crippen molar-refractivity contribution in [1.82, 2.24) is 0 Å². The molecule has 0 aliphatic carbocycles. The Labute approximate surface area is 98.3 Å². The van der Waals surface area contributed by atoms with Crippen LogP contribution in [0.3, 0.4) is 0 Å². The van der Waals surface area contributed by atoms with Crippen molar-refractivity contribution in [2.75, 3.05) is 6.61 Å². The second-order valence-corrected chi connectivity index (χ2v) is 4.75. The Kier molecular flexibility index (Phi) is 4.81. The second kappa shape index (κ2) is 5.90. The largest absolute Gasteiger partial charge is 0.493 e. The predicted molar refractivity (Wildman–Crippen MR) is 66.8 cm³/mol. The molecule has 0 bridgehead atoms. The van der Waals surface area contributed by atoms with Gasteiger partial charge in [0.1, 0.15) is 5.75 Å². The van der Waals surface area contributed by atoms with Crippen LogP contribution in [0.2, 0.25) is 0 Å². The van der Waals surface area contributed by atoms with Crippen molar-refractivity contribution < 1.29 is 9.84 Å². The summed E-state index contributed by atoms with van der Waals surface area (Å²) in [6.07, 6.45) is 0.557. The Hall–Kier alpha value is -1.02. The third-order valence-electron chi connectivity index (χ3n) is 2.57. The van der Waals surface area contributed by atoms with Gasteiger partial charge in [0.05, 0.1) is 12.7 Å². The van der Waals surface area contributed by atoms with Crippen LogP contribution in [0.25, 0.3) is 0 Å². The normalized spacial score (nSPS) is 12.9. The summed E-state index contributed by atoms with van der Waals surface area (Å²) in [5.74, 6) is 1.45. The Morgan fingerprint density at radius 3 is 2.50 bits per heavy atom. The lowest BCUT2D eigenvalue weighted by Crippen LogP contribution is -2.05. The van der Waals surface area contributed by atoms with Crippen LogP contribution in [0.1, 0.15) is 44.4 Å². The maximum absolute atomic E-state index is 9.66. The van der Waals surface area contributed by atoms with E-state index in [4.69, 9.17) is 4.74 Å². The highest BCUT2D eigenvalue weighted by Crippen LogP contribution is 2.26. The number of ether oxygens (including phenoxy) is 1. The van der Waals surface area contributed by atoms with Crippen LogP contribution in [0.15, 0.2) is 18.2 Å². The second-order valence-electron chi connectivity index (χ2n) is 4.75. The average molecular weight is 222 g/mol. The molecule has 1 atom stereocenters. The monoisotopic (exact) mass is 222 g/mol. The molecule has 90 valence electrons. The van der Waals surface area contributed by atoms with Crippen molar-refractivity contribution in [3.05, 3.63) is 29.3 Å². The number of aliphatic hydroxyl groups is 1. The highest BCUT2D eigenvalue weighted by atomic mass is 16.5. The molecule has 0 unspecified atom stereocenters. The lowest BCUT2D eigenvalue weighted by atomic mass is 10.1. The lowest BCUT2D eigenvalue weighted by Gasteiger charge is -2.15. The summed E-state index contributed by atoms with van der Waals surface area (Å²) in [6, 6.07) is 5.93. The summed E-state index contributed by atoms with van der Waals surface area (Å²) in [4.78, 5) is 0. The van der Waals surface area contributed by atoms with E-state index in [-0.39, 0.29) is 0 Å². The van der Waals surface area contributed by atoms with Gasteiger partial charge in [0.15, 0.2) is 0 Å². The van der Waals surface area contributed by atoms with Gasteiger partial charge in [0.2, 0.25) is 0 Å². The zero-order valence-electron chi connectivity index (χ0n) is 10.7. The molecule has 1 rings (SSSR count). The minimum absolute atomic E-state index is 0.478. The maximum Gasteiger partial charge on any atom is 0.125 e. The molecule has 0 aliphatic heterocycles. The Bertz CT molecular complexity index is 330. The van der Waals surface area contributed by atoms with E-state index in [1.54, 1.807) is 6.92 Å². The molecule has 0 spiro atoms. The highest BCUT2D eigenvalue weighted by Gasteiger charge is 2.09. The first kappa shape index (κ1) is 13.0. The molecule has 2 heteroatoms. The quantitative estimate of drug-likeness (QED) is 0.826. The van der Waals surface area contributed by atoms with Gasteiger partial charge in [-0.05, 0) is 38.3 Å². The van der Waals surface area contributed by atoms with Crippen molar-refractivity contribution in [2.24, 2.45) is 5.92 Å². The minimum Gasteiger partial charge on any atom is -0.493 e. The van der Waals surface area contributed by atoms with Crippen LogP contribution >= 0.6 is 0 Å². The van der Waals surface area contributed by atoms with Gasteiger partial charge in [0, 0.05) is 5.56 Å². The van der Waals surface area contributed by atoms with Crippen LogP contribution in [-0.4, -0.2) is 11.7 Å². The Morgan fingerprint density at radius 1 is 1.25 bits per heavy atom. The molecule has 0 aromatic heterocycles. The first-order valence-electron chi connectivity index (χ1n) is 5.92. The van der Waals surface area contributed by atoms with E-state index in [9.17, 15) is 5.11 Å². The summed E-state index contributed by atoms with van der Waals surface area (Å²) in [6.45, 7) is 8.84. The van der Waals surface area contributed by atoms with Crippen molar-refractivity contribution >= 4 is 0 Å². The van der Waals surface area contributed by atoms with Gasteiger partial charge in [0.25, 0.3) is 0 Å². The minimum atomic E-state index is -0.478. The van der Waals surface area contributed by atoms with Crippen LogP contribution in [0.4, 0.5) is 0 Å². The number of aliphatic hydroxyl groups excluding tert-OH is 1. The van der Waals surface area contributed by atoms with Crippen molar-refractivity contribution in [3.8, 4) is 5.75 Å². The summed E-state index contributed by atoms with van der Waals surface area (Å²) in [5.41, 5.74) is 2.02. The standard InChI is InChI=1S/C14H22O2/c1-10(2)7-8-16-14-6-5-11(3)9-13(14)12(4)15/h5-6,9-10,12,15H,7-8H2,1-4H3/t12-/m1/s1. The van der Waals surface area contributed by atoms with E-state index in [0.717, 1.165) is 23.3 Å². The molecule has 16 heavy (non-hydrogen) atoms. The van der Waals surface area contributed by atoms with Crippen LogP contribution in [0, 0.1) is 12.8 Å². The fourth-order valence-corrected chi connectivity index (χ4v) is 1.53. The molecule has 0 heterocycles. The highest BCUT2D eigenvalue weighted by molar-refractivity contribution is 5.38. The molecule has 1 aromatic rings. The third-order valence-corrected chi connectivity index (χ3v) is 2.57. The van der Waals surface area contributed by atoms with Gasteiger partial charge in [-0.2, -0.15) is 0 Å². The summed E-state index contributed by atoms with van der Waals surface area (Å²) < 4.78 is 5.70. The molecule has 0 saturated carbocycles. The number of rotatable bonds is 5. The van der Waals surface area contributed by atoms with Gasteiger partial charge < -0.3 is 9.84 Å². The molecule has 1 N–H and O–H groups in total. The van der Waals surface area contributed by atoms with E-state index >= 15 is 0 Å². The Balaban J connectivity index is 2.71. The predicted octanol–water partition coefficient (Wildman–Crippen LogP) is 3.47. The van der Waals surface area contributed by atoms with Crippen LogP contribution in [-0.2, 0) is 0 Å². The van der Waals surface area contributed by atoms with Gasteiger partial charge in [-0.1, -0.05) is 25.5 Å². The molecule has 0 amide bonds. The van der Waals surface area contributed by atoms with E-state index in [0.29, 0.717) is 12.5 Å². The zero-order chi connectivity index (χ0) is 12.1. The van der Waals surface area contributed by atoms with Crippen molar-refractivity contribution in [2.45, 2.75) is 40.2 Å². The maximum atomic E-state index is 9.66. The molecule has 0 aliphatic rings. The van der Waals surface area contributed by atoms with Gasteiger partial charge in [-0.15, -0.1) is 0 Å². The van der Waals surface area contributed by atoms with E-state index in [2.05, 4.69) is 13.8 Å². The van der Waals surface area contributed by atoms with E-state index in [1.165, 1.54) is 0 Å². The van der Waals surface area contributed by atoms with Crippen LogP contribution < -0.4 is 4.74 Å². The van der Waals surface area contributed by atoms with Crippen LogP contribution in [0.5, 0.6) is 5.75 Å². The third kappa shape index (κ3) is 3.86. The number of hydrogen-bond acceptors (Lipinski definition) is 2. The molecule has 0 fully saturated rings. The number of benzene rings is 1. The zero-order valence-corrected chi connectivity index (χ0v) is 10.7. The van der Waals surface area contributed by atoms with Gasteiger partial charge in [-0.3, -0.25) is 0 Å². The molecular weight excluding hydrogens is 200 g/mol. The Morgan fingerprint density at radius 2 is 1.94 bits per heavy atom. The van der Waals surface area contributed by atoms with Crippen molar-refractivity contribution in [1.29, 1.82) is 0 Å². The smallest absolute Gasteiger partial charge is 0.125 e. The van der Waals surface area contributed by atoms with Gasteiger partial charge in [-0.25, -0.2) is 0 Å². The first-order valence-corrected chi connectivity index (χ1v) is 5.92. The molecule has 1 aromatic carbocycles. The lowest BCUT2D eigenvalue weighted by molar-refractivity contribution is 0.190. The molecule has 2 nitrogen and oxygen atoms in total. The first-order chi connectivity index (χ1) is 7.50. The summed E-state index contributed by atoms with van der Waals surface area (Å²) in [7, 11) is 0. The van der Waals surface area contributed by atoms with Crippen molar-refractivity contribution in [3.63, 3.8) is 0 Å². The number of aryl methyl sites for hydroxylation is 1. The average Bonchev–Trinajstić information content (AvgIpc) is 2.19. The number of hydrogen-bond donors (Lipinski definition) is 1. The SMILES string of the molecule is Cc1ccc(OCCC(C)C)c([C@@H](C)O)c1. The molecule has 0 saturated heterocycles. The molecule has 0 radical (unpaired) electrons. The summed E-state index contributed by atoms with van der Waals surface area (Å²) in [5, 5.41) is 9.66. The van der Waals surface area contributed by atoms with Gasteiger partial charge >= 0.3 is 0 Å². The fraction of sp³-hybridized carbons (Fsp3) is 0.571. The molecular formula is C14H22O2. The topological polar surface area (TPSA) is 29.5 Å². The van der Waals surface area contributed by atoms with E-state index in [1.807, 2.05) is 25.1 Å².